The number of aliphatic hydroxyl groups is 1. The molecule has 0 saturated heterocycles. The summed E-state index contributed by atoms with van der Waals surface area (Å²) >= 11 is 1.78. The summed E-state index contributed by atoms with van der Waals surface area (Å²) in [5.41, 5.74) is 0.171. The van der Waals surface area contributed by atoms with Gasteiger partial charge < -0.3 is 20.3 Å². The van der Waals surface area contributed by atoms with E-state index in [1.54, 1.807) is 11.3 Å². The Morgan fingerprint density at radius 1 is 1.28 bits per heavy atom. The van der Waals surface area contributed by atoms with Crippen molar-refractivity contribution in [3.8, 4) is 0 Å². The second kappa shape index (κ2) is 10.7. The molecule has 1 fully saturated rings. The van der Waals surface area contributed by atoms with Crippen molar-refractivity contribution in [3.05, 3.63) is 34.0 Å². The van der Waals surface area contributed by atoms with Crippen LogP contribution in [-0.2, 0) is 20.0 Å². The van der Waals surface area contributed by atoms with Crippen LogP contribution in [0.15, 0.2) is 22.5 Å². The number of aryl methyl sites for hydroxylation is 1. The number of hydrogen-bond donors (Lipinski definition) is 3. The molecule has 160 valence electrons. The van der Waals surface area contributed by atoms with E-state index in [-0.39, 0.29) is 12.0 Å². The summed E-state index contributed by atoms with van der Waals surface area (Å²) in [6.45, 7) is 4.35. The van der Waals surface area contributed by atoms with Crippen molar-refractivity contribution in [3.63, 3.8) is 0 Å². The van der Waals surface area contributed by atoms with Crippen LogP contribution in [0.4, 0.5) is 0 Å². The van der Waals surface area contributed by atoms with Crippen molar-refractivity contribution in [1.29, 1.82) is 0 Å². The van der Waals surface area contributed by atoms with Gasteiger partial charge in [-0.05, 0) is 49.5 Å². The molecule has 29 heavy (non-hydrogen) atoms. The second-order valence-electron chi connectivity index (χ2n) is 8.03. The third kappa shape index (κ3) is 6.27. The largest absolute Gasteiger partial charge is 0.396 e. The van der Waals surface area contributed by atoms with E-state index in [0.29, 0.717) is 6.54 Å². The maximum atomic E-state index is 9.59. The van der Waals surface area contributed by atoms with Crippen LogP contribution in [0.2, 0.25) is 0 Å². The summed E-state index contributed by atoms with van der Waals surface area (Å²) < 4.78 is 1.97. The lowest BCUT2D eigenvalue weighted by Gasteiger charge is -2.37. The number of nitrogens with zero attached hydrogens (tertiary/aromatic N) is 4. The SMILES string of the molecule is Cc1nnc(CN=C(NCCc2cccs2)NCC2(CCO)CCCCC2)n1C. The van der Waals surface area contributed by atoms with Gasteiger partial charge in [-0.15, -0.1) is 21.5 Å². The van der Waals surface area contributed by atoms with Crippen LogP contribution in [0.3, 0.4) is 0 Å². The lowest BCUT2D eigenvalue weighted by Crippen LogP contribution is -2.45. The average molecular weight is 419 g/mol. The predicted molar refractivity (Wildman–Crippen MR) is 118 cm³/mol. The molecule has 2 aromatic heterocycles. The van der Waals surface area contributed by atoms with Gasteiger partial charge in [-0.1, -0.05) is 25.3 Å². The van der Waals surface area contributed by atoms with Crippen molar-refractivity contribution < 1.29 is 5.11 Å². The number of hydrogen-bond acceptors (Lipinski definition) is 5. The fourth-order valence-corrected chi connectivity index (χ4v) is 4.71. The van der Waals surface area contributed by atoms with Gasteiger partial charge in [0.2, 0.25) is 0 Å². The van der Waals surface area contributed by atoms with E-state index in [1.165, 1.54) is 37.0 Å². The van der Waals surface area contributed by atoms with Gasteiger partial charge >= 0.3 is 0 Å². The molecule has 0 atom stereocenters. The fraction of sp³-hybridized carbons (Fsp3) is 0.667. The Hall–Kier alpha value is -1.93. The molecule has 3 rings (SSSR count). The molecule has 0 radical (unpaired) electrons. The Bertz CT molecular complexity index is 759. The van der Waals surface area contributed by atoms with Crippen molar-refractivity contribution in [2.75, 3.05) is 19.7 Å². The first-order valence-electron chi connectivity index (χ1n) is 10.6. The molecule has 2 aromatic rings. The topological polar surface area (TPSA) is 87.4 Å². The smallest absolute Gasteiger partial charge is 0.191 e. The lowest BCUT2D eigenvalue weighted by molar-refractivity contribution is 0.131. The lowest BCUT2D eigenvalue weighted by atomic mass is 9.72. The predicted octanol–water partition coefficient (Wildman–Crippen LogP) is 2.80. The van der Waals surface area contributed by atoms with E-state index in [9.17, 15) is 5.11 Å². The van der Waals surface area contributed by atoms with Crippen molar-refractivity contribution in [2.24, 2.45) is 17.5 Å². The highest BCUT2D eigenvalue weighted by atomic mass is 32.1. The molecule has 1 aliphatic carbocycles. The Labute approximate surface area is 177 Å². The molecular formula is C21H34N6OS. The zero-order valence-corrected chi connectivity index (χ0v) is 18.5. The molecule has 1 aliphatic rings. The summed E-state index contributed by atoms with van der Waals surface area (Å²) in [6, 6.07) is 4.25. The van der Waals surface area contributed by atoms with Gasteiger partial charge in [0, 0.05) is 31.6 Å². The first-order chi connectivity index (χ1) is 14.1. The second-order valence-corrected chi connectivity index (χ2v) is 9.06. The summed E-state index contributed by atoms with van der Waals surface area (Å²) in [4.78, 5) is 6.14. The third-order valence-corrected chi connectivity index (χ3v) is 6.93. The van der Waals surface area contributed by atoms with Crippen molar-refractivity contribution in [1.82, 2.24) is 25.4 Å². The molecule has 0 bridgehead atoms. The molecule has 0 aromatic carbocycles. The Kier molecular flexibility index (Phi) is 8.06. The molecule has 0 amide bonds. The number of rotatable bonds is 9. The minimum atomic E-state index is 0.171. The van der Waals surface area contributed by atoms with E-state index in [1.807, 2.05) is 18.5 Å². The molecule has 2 heterocycles. The van der Waals surface area contributed by atoms with Gasteiger partial charge in [0.1, 0.15) is 12.4 Å². The minimum Gasteiger partial charge on any atom is -0.396 e. The highest BCUT2D eigenvalue weighted by molar-refractivity contribution is 7.09. The third-order valence-electron chi connectivity index (χ3n) is 5.99. The van der Waals surface area contributed by atoms with Crippen molar-refractivity contribution >= 4 is 17.3 Å². The molecule has 3 N–H and O–H groups in total. The van der Waals surface area contributed by atoms with Crippen LogP contribution in [-0.4, -0.2) is 45.5 Å². The molecule has 0 spiro atoms. The molecule has 8 heteroatoms. The monoisotopic (exact) mass is 418 g/mol. The molecule has 0 unspecified atom stereocenters. The Morgan fingerprint density at radius 3 is 2.76 bits per heavy atom. The van der Waals surface area contributed by atoms with Crippen LogP contribution < -0.4 is 10.6 Å². The first-order valence-corrected chi connectivity index (χ1v) is 11.5. The Balaban J connectivity index is 1.63. The van der Waals surface area contributed by atoms with E-state index in [4.69, 9.17) is 4.99 Å². The van der Waals surface area contributed by atoms with Gasteiger partial charge in [-0.2, -0.15) is 0 Å². The van der Waals surface area contributed by atoms with Crippen LogP contribution in [0.5, 0.6) is 0 Å². The Morgan fingerprint density at radius 2 is 2.10 bits per heavy atom. The number of thiophene rings is 1. The highest BCUT2D eigenvalue weighted by Gasteiger charge is 2.31. The molecule has 0 aliphatic heterocycles. The zero-order chi connectivity index (χ0) is 20.5. The maximum absolute atomic E-state index is 9.59. The number of aromatic nitrogens is 3. The number of aliphatic imine (C=N–C) groups is 1. The van der Waals surface area contributed by atoms with Crippen molar-refractivity contribution in [2.45, 2.75) is 58.4 Å². The van der Waals surface area contributed by atoms with Gasteiger partial charge in [0.15, 0.2) is 11.8 Å². The highest BCUT2D eigenvalue weighted by Crippen LogP contribution is 2.38. The summed E-state index contributed by atoms with van der Waals surface area (Å²) in [7, 11) is 1.97. The van der Waals surface area contributed by atoms with E-state index in [2.05, 4.69) is 38.3 Å². The summed E-state index contributed by atoms with van der Waals surface area (Å²) in [6.07, 6.45) is 7.97. The molecule has 1 saturated carbocycles. The van der Waals surface area contributed by atoms with E-state index in [0.717, 1.165) is 43.5 Å². The standard InChI is InChI=1S/C21H34N6OS/c1-17-25-26-19(27(17)2)15-23-20(22-12-8-18-7-6-14-29-18)24-16-21(11-13-28)9-4-3-5-10-21/h6-7,14,28H,3-5,8-13,15-16H2,1-2H3,(H2,22,23,24). The van der Waals surface area contributed by atoms with Crippen LogP contribution in [0.25, 0.3) is 0 Å². The maximum Gasteiger partial charge on any atom is 0.191 e. The number of aliphatic hydroxyl groups excluding tert-OH is 1. The quantitative estimate of drug-likeness (QED) is 0.431. The zero-order valence-electron chi connectivity index (χ0n) is 17.7. The van der Waals surface area contributed by atoms with Gasteiger partial charge in [0.25, 0.3) is 0 Å². The summed E-state index contributed by atoms with van der Waals surface area (Å²) in [5.74, 6) is 2.55. The first kappa shape index (κ1) is 21.8. The van der Waals surface area contributed by atoms with Crippen LogP contribution in [0.1, 0.15) is 55.1 Å². The van der Waals surface area contributed by atoms with Crippen LogP contribution in [0, 0.1) is 12.3 Å². The van der Waals surface area contributed by atoms with E-state index >= 15 is 0 Å². The summed E-state index contributed by atoms with van der Waals surface area (Å²) in [5, 5.41) is 27.1. The molecule has 7 nitrogen and oxygen atoms in total. The average Bonchev–Trinajstić information content (AvgIpc) is 3.35. The molecular weight excluding hydrogens is 384 g/mol. The van der Waals surface area contributed by atoms with Crippen LogP contribution >= 0.6 is 11.3 Å². The van der Waals surface area contributed by atoms with E-state index < -0.39 is 0 Å². The number of nitrogens with one attached hydrogen (secondary N) is 2. The normalized spacial score (nSPS) is 16.7. The van der Waals surface area contributed by atoms with Gasteiger partial charge in [-0.25, -0.2) is 4.99 Å². The minimum absolute atomic E-state index is 0.171. The van der Waals surface area contributed by atoms with Gasteiger partial charge in [0.05, 0.1) is 0 Å². The number of guanidine groups is 1. The van der Waals surface area contributed by atoms with Gasteiger partial charge in [-0.3, -0.25) is 0 Å². The fourth-order valence-electron chi connectivity index (χ4n) is 4.00.